The van der Waals surface area contributed by atoms with Crippen molar-refractivity contribution >= 4 is 17.9 Å². The van der Waals surface area contributed by atoms with Gasteiger partial charge in [0, 0.05) is 10.6 Å². The Hall–Kier alpha value is -1.16. The van der Waals surface area contributed by atoms with Gasteiger partial charge in [-0.05, 0) is 32.4 Å². The van der Waals surface area contributed by atoms with Crippen LogP contribution < -0.4 is 5.32 Å². The third kappa shape index (κ3) is 3.16. The first-order valence-electron chi connectivity index (χ1n) is 5.67. The topological polar surface area (TPSA) is 38.3 Å². The van der Waals surface area contributed by atoms with Crippen LogP contribution in [-0.2, 0) is 4.74 Å². The average molecular weight is 251 g/mol. The quantitative estimate of drug-likeness (QED) is 0.831. The molecule has 1 unspecified atom stereocenters. The van der Waals surface area contributed by atoms with Crippen LogP contribution in [0.1, 0.15) is 32.4 Å². The lowest BCUT2D eigenvalue weighted by atomic mass is 10.1. The lowest BCUT2D eigenvalue weighted by molar-refractivity contribution is 0.0509. The highest BCUT2D eigenvalue weighted by molar-refractivity contribution is 7.99. The Bertz CT molecular complexity index is 426. The zero-order chi connectivity index (χ0) is 12.5. The highest BCUT2D eigenvalue weighted by Crippen LogP contribution is 2.37. The Morgan fingerprint density at radius 2 is 2.12 bits per heavy atom. The van der Waals surface area contributed by atoms with Gasteiger partial charge in [0.05, 0.1) is 6.04 Å². The van der Waals surface area contributed by atoms with E-state index in [0.29, 0.717) is 0 Å². The van der Waals surface area contributed by atoms with Crippen molar-refractivity contribution in [2.75, 3.05) is 5.75 Å². The summed E-state index contributed by atoms with van der Waals surface area (Å²) in [4.78, 5) is 12.9. The monoisotopic (exact) mass is 251 g/mol. The molecule has 0 radical (unpaired) electrons. The highest BCUT2D eigenvalue weighted by atomic mass is 32.2. The standard InChI is InChI=1S/C13H17NO2S/c1-13(2,3)16-12(15)14-10-8-17-11-7-5-4-6-9(10)11/h4-7,10H,8H2,1-3H3,(H,14,15). The van der Waals surface area contributed by atoms with E-state index in [2.05, 4.69) is 17.4 Å². The number of carbonyl (C=O) groups is 1. The van der Waals surface area contributed by atoms with E-state index in [-0.39, 0.29) is 12.1 Å². The van der Waals surface area contributed by atoms with Crippen LogP contribution in [0.4, 0.5) is 4.79 Å². The van der Waals surface area contributed by atoms with Gasteiger partial charge in [-0.25, -0.2) is 4.79 Å². The molecule has 0 spiro atoms. The van der Waals surface area contributed by atoms with Crippen LogP contribution in [0, 0.1) is 0 Å². The minimum Gasteiger partial charge on any atom is -0.444 e. The second-order valence-electron chi connectivity index (χ2n) is 5.05. The minimum absolute atomic E-state index is 0.0612. The molecule has 0 aliphatic carbocycles. The molecule has 4 heteroatoms. The van der Waals surface area contributed by atoms with E-state index in [9.17, 15) is 4.79 Å². The molecule has 0 bridgehead atoms. The number of fused-ring (bicyclic) bond motifs is 1. The molecule has 1 aromatic carbocycles. The summed E-state index contributed by atoms with van der Waals surface area (Å²) >= 11 is 1.77. The Balaban J connectivity index is 2.00. The van der Waals surface area contributed by atoms with Crippen molar-refractivity contribution in [2.24, 2.45) is 0 Å². The number of benzene rings is 1. The maximum Gasteiger partial charge on any atom is 0.408 e. The summed E-state index contributed by atoms with van der Waals surface area (Å²) in [6.07, 6.45) is -0.347. The molecule has 1 aliphatic rings. The van der Waals surface area contributed by atoms with Crippen LogP contribution in [0.2, 0.25) is 0 Å². The molecule has 1 amide bonds. The molecule has 92 valence electrons. The van der Waals surface area contributed by atoms with Gasteiger partial charge >= 0.3 is 6.09 Å². The van der Waals surface area contributed by atoms with Crippen molar-refractivity contribution < 1.29 is 9.53 Å². The van der Waals surface area contributed by atoms with E-state index in [1.165, 1.54) is 10.5 Å². The Kier molecular flexibility index (Phi) is 3.33. The molecule has 1 heterocycles. The summed E-state index contributed by atoms with van der Waals surface area (Å²) in [6.45, 7) is 5.60. The van der Waals surface area contributed by atoms with Crippen molar-refractivity contribution in [3.05, 3.63) is 29.8 Å². The van der Waals surface area contributed by atoms with Crippen molar-refractivity contribution in [3.63, 3.8) is 0 Å². The number of rotatable bonds is 1. The number of amides is 1. The van der Waals surface area contributed by atoms with Gasteiger partial charge in [-0.3, -0.25) is 0 Å². The number of alkyl carbamates (subject to hydrolysis) is 1. The fourth-order valence-corrected chi connectivity index (χ4v) is 2.89. The van der Waals surface area contributed by atoms with Crippen LogP contribution in [0.25, 0.3) is 0 Å². The van der Waals surface area contributed by atoms with Gasteiger partial charge in [0.1, 0.15) is 5.60 Å². The molecule has 1 atom stereocenters. The Labute approximate surface area is 106 Å². The first-order chi connectivity index (χ1) is 7.96. The summed E-state index contributed by atoms with van der Waals surface area (Å²) in [5.74, 6) is 0.874. The first-order valence-corrected chi connectivity index (χ1v) is 6.65. The molecule has 0 aromatic heterocycles. The van der Waals surface area contributed by atoms with Crippen LogP contribution in [0.15, 0.2) is 29.2 Å². The van der Waals surface area contributed by atoms with Gasteiger partial charge in [-0.15, -0.1) is 11.8 Å². The number of hydrogen-bond acceptors (Lipinski definition) is 3. The predicted molar refractivity (Wildman–Crippen MR) is 69.3 cm³/mol. The predicted octanol–water partition coefficient (Wildman–Crippen LogP) is 3.36. The normalized spacial score (nSPS) is 18.6. The Morgan fingerprint density at radius 3 is 2.82 bits per heavy atom. The molecule has 0 saturated heterocycles. The SMILES string of the molecule is CC(C)(C)OC(=O)NC1CSc2ccccc21. The van der Waals surface area contributed by atoms with Crippen molar-refractivity contribution in [3.8, 4) is 0 Å². The molecule has 1 aromatic rings. The molecule has 2 rings (SSSR count). The van der Waals surface area contributed by atoms with Crippen molar-refractivity contribution in [1.82, 2.24) is 5.32 Å². The van der Waals surface area contributed by atoms with Gasteiger partial charge in [0.15, 0.2) is 0 Å². The van der Waals surface area contributed by atoms with Crippen molar-refractivity contribution in [2.45, 2.75) is 37.3 Å². The summed E-state index contributed by atoms with van der Waals surface area (Å²) in [5, 5.41) is 2.91. The van der Waals surface area contributed by atoms with Gasteiger partial charge < -0.3 is 10.1 Å². The number of hydrogen-bond donors (Lipinski definition) is 1. The molecule has 17 heavy (non-hydrogen) atoms. The number of carbonyl (C=O) groups excluding carboxylic acids is 1. The van der Waals surface area contributed by atoms with E-state index < -0.39 is 5.60 Å². The largest absolute Gasteiger partial charge is 0.444 e. The lowest BCUT2D eigenvalue weighted by Crippen LogP contribution is -2.35. The van der Waals surface area contributed by atoms with E-state index in [1.54, 1.807) is 11.8 Å². The third-order valence-corrected chi connectivity index (χ3v) is 3.57. The molecule has 1 N–H and O–H groups in total. The summed E-state index contributed by atoms with van der Waals surface area (Å²) in [6, 6.07) is 8.20. The zero-order valence-corrected chi connectivity index (χ0v) is 11.1. The minimum atomic E-state index is -0.449. The second kappa shape index (κ2) is 4.61. The average Bonchev–Trinajstić information content (AvgIpc) is 2.59. The number of thioether (sulfide) groups is 1. The molecule has 0 saturated carbocycles. The molecule has 1 aliphatic heterocycles. The van der Waals surface area contributed by atoms with E-state index in [4.69, 9.17) is 4.74 Å². The molecule has 0 fully saturated rings. The zero-order valence-electron chi connectivity index (χ0n) is 10.3. The fourth-order valence-electron chi connectivity index (χ4n) is 1.73. The van der Waals surface area contributed by atoms with Crippen LogP contribution in [0.3, 0.4) is 0 Å². The van der Waals surface area contributed by atoms with Gasteiger partial charge in [-0.1, -0.05) is 18.2 Å². The van der Waals surface area contributed by atoms with E-state index in [0.717, 1.165) is 5.75 Å². The van der Waals surface area contributed by atoms with E-state index in [1.807, 2.05) is 32.9 Å². The fraction of sp³-hybridized carbons (Fsp3) is 0.462. The number of nitrogens with one attached hydrogen (secondary N) is 1. The number of ether oxygens (including phenoxy) is 1. The summed E-state index contributed by atoms with van der Waals surface area (Å²) in [5.41, 5.74) is 0.735. The van der Waals surface area contributed by atoms with Gasteiger partial charge in [0.2, 0.25) is 0 Å². The molecule has 3 nitrogen and oxygen atoms in total. The van der Waals surface area contributed by atoms with Crippen LogP contribution in [0.5, 0.6) is 0 Å². The van der Waals surface area contributed by atoms with E-state index >= 15 is 0 Å². The van der Waals surface area contributed by atoms with Gasteiger partial charge in [-0.2, -0.15) is 0 Å². The third-order valence-electron chi connectivity index (χ3n) is 2.39. The molecular weight excluding hydrogens is 234 g/mol. The van der Waals surface area contributed by atoms with Crippen molar-refractivity contribution in [1.29, 1.82) is 0 Å². The first kappa shape index (κ1) is 12.3. The Morgan fingerprint density at radius 1 is 1.41 bits per heavy atom. The molecular formula is C13H17NO2S. The van der Waals surface area contributed by atoms with Gasteiger partial charge in [0.25, 0.3) is 0 Å². The highest BCUT2D eigenvalue weighted by Gasteiger charge is 2.26. The summed E-state index contributed by atoms with van der Waals surface area (Å²) < 4.78 is 5.26. The summed E-state index contributed by atoms with van der Waals surface area (Å²) in [7, 11) is 0. The van der Waals surface area contributed by atoms with Crippen LogP contribution >= 0.6 is 11.8 Å². The second-order valence-corrected chi connectivity index (χ2v) is 6.11. The lowest BCUT2D eigenvalue weighted by Gasteiger charge is -2.21. The maximum atomic E-state index is 11.7. The smallest absolute Gasteiger partial charge is 0.408 e. The maximum absolute atomic E-state index is 11.7. The van der Waals surface area contributed by atoms with Crippen LogP contribution in [-0.4, -0.2) is 17.4 Å².